The number of benzene rings is 9. The molecule has 0 amide bonds. The maximum atomic E-state index is 2.51. The standard InChI is InChI=1S/C59H43N/c1-57(2)47-29-14-12-27-44(47)45-38-37-43(39-54(45)57)60(42-25-10-5-11-26-42)55-36-20-35-53-56(55)46-28-13-15-30-48(46)59(53)51-33-18-16-31-49(51)58(40-21-6-3-7-22-40,41-23-8-4-9-24-41)50-32-17-19-34-52(50)59/h3-39H,1-2H3. The van der Waals surface area contributed by atoms with Crippen LogP contribution in [-0.2, 0) is 16.2 Å². The lowest BCUT2D eigenvalue weighted by atomic mass is 9.51. The first-order valence-electron chi connectivity index (χ1n) is 21.2. The van der Waals surface area contributed by atoms with E-state index in [1.165, 1.54) is 83.6 Å². The van der Waals surface area contributed by atoms with Gasteiger partial charge in [0, 0.05) is 22.4 Å². The molecule has 0 heterocycles. The van der Waals surface area contributed by atoms with Gasteiger partial charge in [-0.1, -0.05) is 208 Å². The van der Waals surface area contributed by atoms with Crippen LogP contribution in [0.25, 0.3) is 22.3 Å². The molecule has 0 fully saturated rings. The summed E-state index contributed by atoms with van der Waals surface area (Å²) in [7, 11) is 0. The molecule has 1 spiro atoms. The Labute approximate surface area is 352 Å². The van der Waals surface area contributed by atoms with Gasteiger partial charge >= 0.3 is 0 Å². The zero-order valence-electron chi connectivity index (χ0n) is 33.8. The molecule has 0 bridgehead atoms. The SMILES string of the molecule is CC1(C)c2ccccc2-c2ccc(N(c3ccccc3)c3cccc4c3-c3ccccc3C43c4ccccc4C(c4ccccc4)(c4ccccc4)c4ccccc43)cc21. The maximum Gasteiger partial charge on any atom is 0.0720 e. The van der Waals surface area contributed by atoms with Gasteiger partial charge in [-0.15, -0.1) is 0 Å². The molecule has 1 heteroatoms. The van der Waals surface area contributed by atoms with E-state index in [9.17, 15) is 0 Å². The summed E-state index contributed by atoms with van der Waals surface area (Å²) in [4.78, 5) is 2.51. The highest BCUT2D eigenvalue weighted by atomic mass is 15.1. The first-order valence-corrected chi connectivity index (χ1v) is 21.2. The van der Waals surface area contributed by atoms with Gasteiger partial charge in [0.2, 0.25) is 0 Å². The largest absolute Gasteiger partial charge is 0.310 e. The lowest BCUT2D eigenvalue weighted by molar-refractivity contribution is 0.623. The molecular formula is C59H43N. The van der Waals surface area contributed by atoms with Crippen LogP contribution in [0.3, 0.4) is 0 Å². The van der Waals surface area contributed by atoms with Gasteiger partial charge < -0.3 is 4.90 Å². The van der Waals surface area contributed by atoms with Crippen LogP contribution in [0.15, 0.2) is 224 Å². The van der Waals surface area contributed by atoms with Gasteiger partial charge in [0.1, 0.15) is 0 Å². The number of hydrogen-bond donors (Lipinski definition) is 0. The molecule has 0 saturated carbocycles. The summed E-state index contributed by atoms with van der Waals surface area (Å²) in [5, 5.41) is 0. The third-order valence-electron chi connectivity index (χ3n) is 14.0. The number of hydrogen-bond acceptors (Lipinski definition) is 1. The molecule has 3 aliphatic rings. The molecule has 0 atom stereocenters. The van der Waals surface area contributed by atoms with Crippen molar-refractivity contribution in [1.82, 2.24) is 0 Å². The normalized spacial score (nSPS) is 15.2. The minimum Gasteiger partial charge on any atom is -0.310 e. The monoisotopic (exact) mass is 765 g/mol. The average Bonchev–Trinajstić information content (AvgIpc) is 3.74. The quantitative estimate of drug-likeness (QED) is 0.169. The topological polar surface area (TPSA) is 3.24 Å². The minimum atomic E-state index is -0.577. The second kappa shape index (κ2) is 12.9. The van der Waals surface area contributed by atoms with Gasteiger partial charge in [-0.3, -0.25) is 0 Å². The van der Waals surface area contributed by atoms with Crippen LogP contribution in [-0.4, -0.2) is 0 Å². The van der Waals surface area contributed by atoms with Gasteiger partial charge in [0.15, 0.2) is 0 Å². The van der Waals surface area contributed by atoms with E-state index in [4.69, 9.17) is 0 Å². The molecule has 1 nitrogen and oxygen atoms in total. The van der Waals surface area contributed by atoms with Gasteiger partial charge in [0.25, 0.3) is 0 Å². The lowest BCUT2D eigenvalue weighted by Crippen LogP contribution is -2.44. The van der Waals surface area contributed by atoms with Gasteiger partial charge in [-0.2, -0.15) is 0 Å². The second-order valence-electron chi connectivity index (χ2n) is 17.1. The van der Waals surface area contributed by atoms with Gasteiger partial charge in [-0.25, -0.2) is 0 Å². The Bertz CT molecular complexity index is 3030. The Morgan fingerprint density at radius 2 is 0.750 bits per heavy atom. The van der Waals surface area contributed by atoms with E-state index in [1.807, 2.05) is 0 Å². The highest BCUT2D eigenvalue weighted by Gasteiger charge is 2.57. The zero-order chi connectivity index (χ0) is 40.1. The number of fused-ring (bicyclic) bond motifs is 12. The van der Waals surface area contributed by atoms with Crippen molar-refractivity contribution in [3.8, 4) is 22.3 Å². The van der Waals surface area contributed by atoms with Crippen molar-refractivity contribution in [2.45, 2.75) is 30.1 Å². The Balaban J connectivity index is 1.17. The van der Waals surface area contributed by atoms with E-state index in [0.717, 1.165) is 11.4 Å². The van der Waals surface area contributed by atoms with Crippen molar-refractivity contribution in [3.05, 3.63) is 280 Å². The van der Waals surface area contributed by atoms with Gasteiger partial charge in [0.05, 0.1) is 16.5 Å². The van der Waals surface area contributed by atoms with Gasteiger partial charge in [-0.05, 0) is 103 Å². The fourth-order valence-electron chi connectivity index (χ4n) is 11.6. The Hall–Kier alpha value is -7.22. The number of para-hydroxylation sites is 1. The molecule has 3 aliphatic carbocycles. The van der Waals surface area contributed by atoms with Crippen LogP contribution < -0.4 is 4.90 Å². The average molecular weight is 766 g/mol. The van der Waals surface area contributed by atoms with Crippen LogP contribution in [0, 0.1) is 0 Å². The molecule has 284 valence electrons. The summed E-state index contributed by atoms with van der Waals surface area (Å²) in [6.45, 7) is 4.74. The summed E-state index contributed by atoms with van der Waals surface area (Å²) in [5.41, 5.74) is 20.6. The fraction of sp³-hybridized carbons (Fsp3) is 0.0847. The number of anilines is 3. The molecule has 0 saturated heterocycles. The van der Waals surface area contributed by atoms with E-state index in [2.05, 4.69) is 243 Å². The van der Waals surface area contributed by atoms with Crippen LogP contribution in [0.1, 0.15) is 69.5 Å². The molecule has 9 aromatic rings. The molecule has 12 rings (SSSR count). The van der Waals surface area contributed by atoms with Crippen molar-refractivity contribution >= 4 is 17.1 Å². The molecule has 0 aliphatic heterocycles. The molecule has 0 unspecified atom stereocenters. The fourth-order valence-corrected chi connectivity index (χ4v) is 11.6. The molecule has 0 aromatic heterocycles. The predicted molar refractivity (Wildman–Crippen MR) is 248 cm³/mol. The Morgan fingerprint density at radius 3 is 1.35 bits per heavy atom. The minimum absolute atomic E-state index is 0.126. The molecule has 9 aromatic carbocycles. The smallest absolute Gasteiger partial charge is 0.0720 e. The van der Waals surface area contributed by atoms with Crippen LogP contribution in [0.4, 0.5) is 17.1 Å². The summed E-state index contributed by atoms with van der Waals surface area (Å²) in [6.07, 6.45) is 0. The van der Waals surface area contributed by atoms with Crippen molar-refractivity contribution < 1.29 is 0 Å². The maximum absolute atomic E-state index is 2.51. The Kier molecular flexibility index (Phi) is 7.47. The summed E-state index contributed by atoms with van der Waals surface area (Å²) >= 11 is 0. The Morgan fingerprint density at radius 1 is 0.300 bits per heavy atom. The molecule has 0 N–H and O–H groups in total. The van der Waals surface area contributed by atoms with Crippen LogP contribution in [0.2, 0.25) is 0 Å². The van der Waals surface area contributed by atoms with Crippen molar-refractivity contribution in [2.24, 2.45) is 0 Å². The van der Waals surface area contributed by atoms with Crippen molar-refractivity contribution in [1.29, 1.82) is 0 Å². The highest BCUT2D eigenvalue weighted by molar-refractivity contribution is 5.99. The first kappa shape index (κ1) is 34.8. The third kappa shape index (κ3) is 4.47. The summed E-state index contributed by atoms with van der Waals surface area (Å²) < 4.78 is 0. The van der Waals surface area contributed by atoms with Crippen LogP contribution in [0.5, 0.6) is 0 Å². The number of rotatable bonds is 5. The zero-order valence-corrected chi connectivity index (χ0v) is 33.8. The third-order valence-corrected chi connectivity index (χ3v) is 14.0. The second-order valence-corrected chi connectivity index (χ2v) is 17.1. The number of nitrogens with zero attached hydrogens (tertiary/aromatic N) is 1. The molecular weight excluding hydrogens is 723 g/mol. The molecule has 0 radical (unpaired) electrons. The summed E-state index contributed by atoms with van der Waals surface area (Å²) in [5.74, 6) is 0. The molecule has 60 heavy (non-hydrogen) atoms. The van der Waals surface area contributed by atoms with Crippen molar-refractivity contribution in [2.75, 3.05) is 4.90 Å². The summed E-state index contributed by atoms with van der Waals surface area (Å²) in [6, 6.07) is 84.2. The van der Waals surface area contributed by atoms with E-state index in [1.54, 1.807) is 0 Å². The predicted octanol–water partition coefficient (Wildman–Crippen LogP) is 14.5. The van der Waals surface area contributed by atoms with E-state index in [-0.39, 0.29) is 5.41 Å². The van der Waals surface area contributed by atoms with E-state index >= 15 is 0 Å². The lowest BCUT2D eigenvalue weighted by Gasteiger charge is -2.50. The first-order chi connectivity index (χ1) is 29.6. The van der Waals surface area contributed by atoms with Crippen molar-refractivity contribution in [3.63, 3.8) is 0 Å². The van der Waals surface area contributed by atoms with E-state index in [0.29, 0.717) is 0 Å². The highest BCUT2D eigenvalue weighted by Crippen LogP contribution is 2.66. The van der Waals surface area contributed by atoms with Crippen LogP contribution >= 0.6 is 0 Å². The van der Waals surface area contributed by atoms with E-state index < -0.39 is 10.8 Å².